The topological polar surface area (TPSA) is 40.5 Å². The highest BCUT2D eigenvalue weighted by Crippen LogP contribution is 2.27. The minimum absolute atomic E-state index is 0.0562. The first kappa shape index (κ1) is 9.08. The molecule has 1 heterocycles. The molecular formula is C9H13NO2. The molecule has 1 atom stereocenters. The van der Waals surface area contributed by atoms with Crippen LogP contribution in [-0.2, 0) is 4.79 Å². The number of terminal acetylenes is 1. The zero-order valence-corrected chi connectivity index (χ0v) is 7.21. The lowest BCUT2D eigenvalue weighted by atomic mass is 10.0. The molecule has 0 radical (unpaired) electrons. The monoisotopic (exact) mass is 167 g/mol. The lowest BCUT2D eigenvalue weighted by molar-refractivity contribution is -0.138. The summed E-state index contributed by atoms with van der Waals surface area (Å²) in [5.41, 5.74) is -0.335. The first-order valence-electron chi connectivity index (χ1n) is 4.03. The fraction of sp³-hybridized carbons (Fsp3) is 0.667. The van der Waals surface area contributed by atoms with Crippen LogP contribution >= 0.6 is 0 Å². The Morgan fingerprint density at radius 3 is 3.00 bits per heavy atom. The number of hydrogen-bond donors (Lipinski definition) is 1. The average molecular weight is 167 g/mol. The van der Waals surface area contributed by atoms with Crippen molar-refractivity contribution in [1.82, 2.24) is 4.90 Å². The fourth-order valence-electron chi connectivity index (χ4n) is 1.60. The van der Waals surface area contributed by atoms with Crippen LogP contribution in [-0.4, -0.2) is 34.6 Å². The zero-order valence-electron chi connectivity index (χ0n) is 7.21. The Hall–Kier alpha value is -1.01. The van der Waals surface area contributed by atoms with Gasteiger partial charge in [-0.2, -0.15) is 0 Å². The van der Waals surface area contributed by atoms with E-state index in [4.69, 9.17) is 11.5 Å². The molecule has 0 aromatic carbocycles. The summed E-state index contributed by atoms with van der Waals surface area (Å²) in [7, 11) is 0. The normalized spacial score (nSPS) is 30.0. The number of carboxylic acid groups (broad SMARTS) is 1. The van der Waals surface area contributed by atoms with Crippen molar-refractivity contribution >= 4 is 5.97 Å². The quantitative estimate of drug-likeness (QED) is 0.611. The fourth-order valence-corrected chi connectivity index (χ4v) is 1.60. The van der Waals surface area contributed by atoms with Crippen molar-refractivity contribution in [3.8, 4) is 12.3 Å². The van der Waals surface area contributed by atoms with Gasteiger partial charge >= 0.3 is 5.97 Å². The Morgan fingerprint density at radius 2 is 2.50 bits per heavy atom. The van der Waals surface area contributed by atoms with Crippen molar-refractivity contribution in [2.24, 2.45) is 0 Å². The molecule has 1 N–H and O–H groups in total. The third-order valence-corrected chi connectivity index (χ3v) is 2.43. The summed E-state index contributed by atoms with van der Waals surface area (Å²) < 4.78 is 0. The van der Waals surface area contributed by atoms with Gasteiger partial charge in [-0.25, -0.2) is 0 Å². The van der Waals surface area contributed by atoms with Crippen molar-refractivity contribution < 1.29 is 9.90 Å². The summed E-state index contributed by atoms with van der Waals surface area (Å²) in [4.78, 5) is 12.3. The van der Waals surface area contributed by atoms with Gasteiger partial charge in [-0.1, -0.05) is 5.92 Å². The Labute approximate surface area is 72.4 Å². The van der Waals surface area contributed by atoms with Crippen LogP contribution in [0.2, 0.25) is 0 Å². The second-order valence-corrected chi connectivity index (χ2v) is 3.34. The summed E-state index contributed by atoms with van der Waals surface area (Å²) in [5, 5.41) is 8.59. The molecule has 0 spiro atoms. The van der Waals surface area contributed by atoms with E-state index in [1.807, 2.05) is 11.8 Å². The number of aliphatic carboxylic acids is 1. The predicted octanol–water partition coefficient (Wildman–Crippen LogP) is 0.559. The van der Waals surface area contributed by atoms with E-state index in [1.165, 1.54) is 0 Å². The number of carbonyl (C=O) groups is 1. The molecule has 0 aliphatic carbocycles. The predicted molar refractivity (Wildman–Crippen MR) is 45.7 cm³/mol. The van der Waals surface area contributed by atoms with Crippen LogP contribution < -0.4 is 0 Å². The molecule has 0 amide bonds. The maximum absolute atomic E-state index is 10.4. The highest BCUT2D eigenvalue weighted by Gasteiger charge is 2.35. The van der Waals surface area contributed by atoms with E-state index >= 15 is 0 Å². The molecule has 0 bridgehead atoms. The van der Waals surface area contributed by atoms with Crippen LogP contribution in [0.15, 0.2) is 0 Å². The smallest absolute Gasteiger partial charge is 0.317 e. The van der Waals surface area contributed by atoms with E-state index in [0.717, 1.165) is 19.4 Å². The van der Waals surface area contributed by atoms with E-state index in [0.29, 0.717) is 0 Å². The standard InChI is InChI=1S/C9H13NO2/c1-3-9(2)5-4-6-10(9)7-8(11)12/h1H,4-7H2,2H3,(H,11,12)/t9-/m1/s1. The Bertz CT molecular complexity index is 231. The first-order valence-corrected chi connectivity index (χ1v) is 4.03. The van der Waals surface area contributed by atoms with Crippen LogP contribution in [0.4, 0.5) is 0 Å². The molecule has 0 aromatic rings. The van der Waals surface area contributed by atoms with Crippen molar-refractivity contribution in [2.75, 3.05) is 13.1 Å². The summed E-state index contributed by atoms with van der Waals surface area (Å²) in [6.07, 6.45) is 7.24. The van der Waals surface area contributed by atoms with Crippen LogP contribution in [0.5, 0.6) is 0 Å². The van der Waals surface area contributed by atoms with Crippen molar-refractivity contribution in [2.45, 2.75) is 25.3 Å². The molecule has 0 unspecified atom stereocenters. The number of likely N-dealkylation sites (tertiary alicyclic amines) is 1. The number of carboxylic acids is 1. The van der Waals surface area contributed by atoms with Gasteiger partial charge in [-0.15, -0.1) is 6.42 Å². The molecule has 1 saturated heterocycles. The molecule has 0 saturated carbocycles. The third kappa shape index (κ3) is 1.59. The minimum atomic E-state index is -0.807. The van der Waals surface area contributed by atoms with E-state index in [9.17, 15) is 4.79 Å². The molecule has 3 nitrogen and oxygen atoms in total. The van der Waals surface area contributed by atoms with Gasteiger partial charge in [-0.05, 0) is 19.8 Å². The number of nitrogens with zero attached hydrogens (tertiary/aromatic N) is 1. The first-order chi connectivity index (χ1) is 5.58. The van der Waals surface area contributed by atoms with Gasteiger partial charge in [-0.3, -0.25) is 9.69 Å². The second-order valence-electron chi connectivity index (χ2n) is 3.34. The summed E-state index contributed by atoms with van der Waals surface area (Å²) in [6.45, 7) is 2.77. The Kier molecular flexibility index (Phi) is 2.39. The minimum Gasteiger partial charge on any atom is -0.480 e. The summed E-state index contributed by atoms with van der Waals surface area (Å²) in [6, 6.07) is 0. The van der Waals surface area contributed by atoms with E-state index in [-0.39, 0.29) is 12.1 Å². The number of hydrogen-bond acceptors (Lipinski definition) is 2. The highest BCUT2D eigenvalue weighted by atomic mass is 16.4. The average Bonchev–Trinajstić information content (AvgIpc) is 2.33. The molecule has 1 aliphatic rings. The van der Waals surface area contributed by atoms with Gasteiger partial charge in [0.25, 0.3) is 0 Å². The maximum Gasteiger partial charge on any atom is 0.317 e. The number of rotatable bonds is 2. The molecule has 12 heavy (non-hydrogen) atoms. The van der Waals surface area contributed by atoms with Crippen molar-refractivity contribution in [3.05, 3.63) is 0 Å². The van der Waals surface area contributed by atoms with Crippen LogP contribution in [0.1, 0.15) is 19.8 Å². The van der Waals surface area contributed by atoms with Crippen LogP contribution in [0.25, 0.3) is 0 Å². The molecule has 66 valence electrons. The van der Waals surface area contributed by atoms with Gasteiger partial charge in [0.15, 0.2) is 0 Å². The molecule has 1 aliphatic heterocycles. The molecular weight excluding hydrogens is 154 g/mol. The molecule has 3 heteroatoms. The highest BCUT2D eigenvalue weighted by molar-refractivity contribution is 5.69. The third-order valence-electron chi connectivity index (χ3n) is 2.43. The Balaban J connectivity index is 2.65. The van der Waals surface area contributed by atoms with E-state index in [1.54, 1.807) is 0 Å². The zero-order chi connectivity index (χ0) is 9.19. The summed E-state index contributed by atoms with van der Waals surface area (Å²) >= 11 is 0. The molecule has 1 fully saturated rings. The van der Waals surface area contributed by atoms with Gasteiger partial charge < -0.3 is 5.11 Å². The lowest BCUT2D eigenvalue weighted by Crippen LogP contribution is -2.42. The second kappa shape index (κ2) is 3.16. The van der Waals surface area contributed by atoms with Gasteiger partial charge in [0.05, 0.1) is 12.1 Å². The van der Waals surface area contributed by atoms with Gasteiger partial charge in [0.2, 0.25) is 0 Å². The van der Waals surface area contributed by atoms with Crippen LogP contribution in [0, 0.1) is 12.3 Å². The summed E-state index contributed by atoms with van der Waals surface area (Å²) in [5.74, 6) is 1.85. The maximum atomic E-state index is 10.4. The molecule has 0 aromatic heterocycles. The Morgan fingerprint density at radius 1 is 1.83 bits per heavy atom. The largest absolute Gasteiger partial charge is 0.480 e. The van der Waals surface area contributed by atoms with Gasteiger partial charge in [0.1, 0.15) is 0 Å². The van der Waals surface area contributed by atoms with E-state index < -0.39 is 5.97 Å². The SMILES string of the molecule is C#C[C@]1(C)CCCN1CC(=O)O. The van der Waals surface area contributed by atoms with Gasteiger partial charge in [0, 0.05) is 6.54 Å². The van der Waals surface area contributed by atoms with Crippen LogP contribution in [0.3, 0.4) is 0 Å². The van der Waals surface area contributed by atoms with Crippen molar-refractivity contribution in [3.63, 3.8) is 0 Å². The van der Waals surface area contributed by atoms with Crippen molar-refractivity contribution in [1.29, 1.82) is 0 Å². The lowest BCUT2D eigenvalue weighted by Gasteiger charge is -2.28. The van der Waals surface area contributed by atoms with E-state index in [2.05, 4.69) is 5.92 Å². The molecule has 1 rings (SSSR count).